The molecule has 0 spiro atoms. The number of phenols is 1. The first kappa shape index (κ1) is 18.7. The molecule has 1 saturated carbocycles. The lowest BCUT2D eigenvalue weighted by atomic mass is 9.59. The fourth-order valence-electron chi connectivity index (χ4n) is 6.23. The first-order chi connectivity index (χ1) is 13.9. The standard InChI is InChI=1S/C25H29NO3/c1-16-22-12-17-8-9-20(27)13-21(17)24(16,2)10-11-26(22)15-19-14-25(19,23(28)29)18-6-4-3-5-7-18/h3-9,13,16,19,22,27H,10-12,14-15H2,1-2H3,(H,28,29)/t16-,19-,22+,24+,25+/m0/s1. The number of carboxylic acid groups (broad SMARTS) is 1. The van der Waals surface area contributed by atoms with Crippen LogP contribution in [0, 0.1) is 11.8 Å². The maximum atomic E-state index is 12.2. The van der Waals surface area contributed by atoms with Crippen molar-refractivity contribution in [2.75, 3.05) is 13.1 Å². The molecule has 1 aliphatic heterocycles. The topological polar surface area (TPSA) is 60.8 Å². The van der Waals surface area contributed by atoms with E-state index in [-0.39, 0.29) is 11.3 Å². The third-order valence-electron chi connectivity index (χ3n) is 8.34. The van der Waals surface area contributed by atoms with Crippen LogP contribution < -0.4 is 0 Å². The summed E-state index contributed by atoms with van der Waals surface area (Å²) < 4.78 is 0. The number of piperidine rings is 1. The Hall–Kier alpha value is -2.33. The number of nitrogens with zero attached hydrogens (tertiary/aromatic N) is 1. The molecule has 1 saturated heterocycles. The number of aromatic hydroxyl groups is 1. The zero-order valence-corrected chi connectivity index (χ0v) is 17.1. The Labute approximate surface area is 172 Å². The fourth-order valence-corrected chi connectivity index (χ4v) is 6.23. The first-order valence-corrected chi connectivity index (χ1v) is 10.7. The summed E-state index contributed by atoms with van der Waals surface area (Å²) in [6.45, 7) is 6.50. The highest BCUT2D eigenvalue weighted by Crippen LogP contribution is 2.56. The van der Waals surface area contributed by atoms with E-state index in [1.165, 1.54) is 11.1 Å². The highest BCUT2D eigenvalue weighted by atomic mass is 16.4. The molecule has 5 rings (SSSR count). The van der Waals surface area contributed by atoms with Gasteiger partial charge >= 0.3 is 5.97 Å². The van der Waals surface area contributed by atoms with Crippen molar-refractivity contribution in [1.82, 2.24) is 4.90 Å². The van der Waals surface area contributed by atoms with E-state index in [1.54, 1.807) is 6.07 Å². The summed E-state index contributed by atoms with van der Waals surface area (Å²) in [7, 11) is 0. The van der Waals surface area contributed by atoms with E-state index in [2.05, 4.69) is 24.8 Å². The van der Waals surface area contributed by atoms with Gasteiger partial charge in [-0.05, 0) is 71.9 Å². The van der Waals surface area contributed by atoms with Crippen molar-refractivity contribution in [2.24, 2.45) is 11.8 Å². The number of rotatable bonds is 4. The van der Waals surface area contributed by atoms with E-state index in [0.717, 1.165) is 37.9 Å². The zero-order valence-electron chi connectivity index (χ0n) is 17.1. The molecule has 0 radical (unpaired) electrons. The molecule has 2 N–H and O–H groups in total. The van der Waals surface area contributed by atoms with Crippen LogP contribution in [-0.4, -0.2) is 40.2 Å². The Bertz CT molecular complexity index is 958. The van der Waals surface area contributed by atoms with E-state index in [1.807, 2.05) is 36.4 Å². The van der Waals surface area contributed by atoms with E-state index in [0.29, 0.717) is 17.7 Å². The lowest BCUT2D eigenvalue weighted by Crippen LogP contribution is -2.58. The van der Waals surface area contributed by atoms with Crippen LogP contribution in [0.2, 0.25) is 0 Å². The summed E-state index contributed by atoms with van der Waals surface area (Å²) in [6, 6.07) is 16.0. The van der Waals surface area contributed by atoms with E-state index in [9.17, 15) is 15.0 Å². The van der Waals surface area contributed by atoms with Crippen molar-refractivity contribution in [3.05, 3.63) is 65.2 Å². The second-order valence-electron chi connectivity index (χ2n) is 9.61. The fraction of sp³-hybridized carbons (Fsp3) is 0.480. The highest BCUT2D eigenvalue weighted by Gasteiger charge is 2.62. The number of hydrogen-bond donors (Lipinski definition) is 2. The van der Waals surface area contributed by atoms with Gasteiger partial charge in [0.2, 0.25) is 0 Å². The van der Waals surface area contributed by atoms with Gasteiger partial charge in [0.15, 0.2) is 0 Å². The summed E-state index contributed by atoms with van der Waals surface area (Å²) in [5.74, 6) is 0.304. The van der Waals surface area contributed by atoms with Crippen LogP contribution in [0.5, 0.6) is 5.75 Å². The van der Waals surface area contributed by atoms with Crippen LogP contribution in [-0.2, 0) is 22.0 Å². The number of aliphatic carboxylic acids is 1. The van der Waals surface area contributed by atoms with Crippen LogP contribution in [0.1, 0.15) is 43.4 Å². The zero-order chi connectivity index (χ0) is 20.4. The number of carbonyl (C=O) groups is 1. The van der Waals surface area contributed by atoms with Crippen molar-refractivity contribution in [3.63, 3.8) is 0 Å². The number of benzene rings is 2. The summed E-state index contributed by atoms with van der Waals surface area (Å²) in [5.41, 5.74) is 2.93. The molecular weight excluding hydrogens is 362 g/mol. The summed E-state index contributed by atoms with van der Waals surface area (Å²) in [6.07, 6.45) is 2.75. The van der Waals surface area contributed by atoms with Crippen LogP contribution in [0.3, 0.4) is 0 Å². The minimum atomic E-state index is -0.719. The van der Waals surface area contributed by atoms with Gasteiger partial charge < -0.3 is 10.2 Å². The van der Waals surface area contributed by atoms with Crippen LogP contribution >= 0.6 is 0 Å². The number of likely N-dealkylation sites (tertiary alicyclic amines) is 1. The number of phenolic OH excluding ortho intramolecular Hbond substituents is 1. The second-order valence-corrected chi connectivity index (χ2v) is 9.61. The molecule has 3 aliphatic rings. The minimum Gasteiger partial charge on any atom is -0.508 e. The molecule has 5 atom stereocenters. The summed E-state index contributed by atoms with van der Waals surface area (Å²) in [4.78, 5) is 14.8. The van der Waals surface area contributed by atoms with Gasteiger partial charge in [0, 0.05) is 12.6 Å². The molecule has 2 aromatic rings. The van der Waals surface area contributed by atoms with Crippen LogP contribution in [0.15, 0.2) is 48.5 Å². The molecule has 1 heterocycles. The minimum absolute atomic E-state index is 0.0698. The average molecular weight is 392 g/mol. The molecule has 2 aromatic carbocycles. The SMILES string of the molecule is C[C@H]1[C@H]2Cc3ccc(O)cc3[C@]1(C)CCN2C[C@@H]1C[C@@]1(C(=O)O)c1ccccc1. The molecular formula is C25H29NO3. The van der Waals surface area contributed by atoms with Gasteiger partial charge in [-0.15, -0.1) is 0 Å². The third kappa shape index (κ3) is 2.65. The molecule has 0 aromatic heterocycles. The Balaban J connectivity index is 1.41. The Morgan fingerprint density at radius 1 is 1.21 bits per heavy atom. The van der Waals surface area contributed by atoms with Crippen LogP contribution in [0.4, 0.5) is 0 Å². The van der Waals surface area contributed by atoms with Crippen molar-refractivity contribution in [3.8, 4) is 5.75 Å². The molecule has 2 fully saturated rings. The van der Waals surface area contributed by atoms with Gasteiger partial charge in [-0.2, -0.15) is 0 Å². The first-order valence-electron chi connectivity index (χ1n) is 10.7. The Kier molecular flexibility index (Phi) is 4.08. The van der Waals surface area contributed by atoms with E-state index < -0.39 is 11.4 Å². The molecule has 29 heavy (non-hydrogen) atoms. The lowest BCUT2D eigenvalue weighted by molar-refractivity contribution is -0.140. The molecule has 4 nitrogen and oxygen atoms in total. The van der Waals surface area contributed by atoms with Gasteiger partial charge in [0.1, 0.15) is 5.75 Å². The molecule has 0 unspecified atom stereocenters. The Morgan fingerprint density at radius 2 is 1.97 bits per heavy atom. The molecule has 2 bridgehead atoms. The van der Waals surface area contributed by atoms with Crippen molar-refractivity contribution < 1.29 is 15.0 Å². The van der Waals surface area contributed by atoms with Crippen LogP contribution in [0.25, 0.3) is 0 Å². The van der Waals surface area contributed by atoms with Crippen molar-refractivity contribution >= 4 is 5.97 Å². The maximum absolute atomic E-state index is 12.2. The number of fused-ring (bicyclic) bond motifs is 4. The predicted molar refractivity (Wildman–Crippen MR) is 112 cm³/mol. The van der Waals surface area contributed by atoms with E-state index >= 15 is 0 Å². The number of hydrogen-bond acceptors (Lipinski definition) is 3. The van der Waals surface area contributed by atoms with Crippen molar-refractivity contribution in [2.45, 2.75) is 50.0 Å². The number of carboxylic acids is 1. The monoisotopic (exact) mass is 391 g/mol. The van der Waals surface area contributed by atoms with Gasteiger partial charge in [-0.25, -0.2) is 0 Å². The maximum Gasteiger partial charge on any atom is 0.314 e. The lowest BCUT2D eigenvalue weighted by Gasteiger charge is -2.54. The average Bonchev–Trinajstić information content (AvgIpc) is 3.44. The molecule has 0 amide bonds. The highest BCUT2D eigenvalue weighted by molar-refractivity contribution is 5.86. The molecule has 152 valence electrons. The van der Waals surface area contributed by atoms with Gasteiger partial charge in [0.25, 0.3) is 0 Å². The van der Waals surface area contributed by atoms with Crippen molar-refractivity contribution in [1.29, 1.82) is 0 Å². The molecule has 4 heteroatoms. The smallest absolute Gasteiger partial charge is 0.314 e. The van der Waals surface area contributed by atoms with Gasteiger partial charge in [-0.3, -0.25) is 9.69 Å². The normalized spacial score (nSPS) is 35.7. The third-order valence-corrected chi connectivity index (χ3v) is 8.34. The largest absolute Gasteiger partial charge is 0.508 e. The van der Waals surface area contributed by atoms with E-state index in [4.69, 9.17) is 0 Å². The quantitative estimate of drug-likeness (QED) is 0.828. The molecule has 2 aliphatic carbocycles. The predicted octanol–water partition coefficient (Wildman–Crippen LogP) is 3.96. The second kappa shape index (κ2) is 6.33. The van der Waals surface area contributed by atoms with Gasteiger partial charge in [-0.1, -0.05) is 50.2 Å². The Morgan fingerprint density at radius 3 is 2.69 bits per heavy atom. The van der Waals surface area contributed by atoms with Gasteiger partial charge in [0.05, 0.1) is 5.41 Å². The summed E-state index contributed by atoms with van der Waals surface area (Å²) >= 11 is 0. The summed E-state index contributed by atoms with van der Waals surface area (Å²) in [5, 5.41) is 20.1.